The van der Waals surface area contributed by atoms with Crippen LogP contribution in [0, 0.1) is 17.6 Å². The van der Waals surface area contributed by atoms with Crippen molar-refractivity contribution in [1.29, 1.82) is 0 Å². The van der Waals surface area contributed by atoms with Gasteiger partial charge in [0, 0.05) is 6.07 Å². The third kappa shape index (κ3) is 2.54. The highest BCUT2D eigenvalue weighted by Gasteiger charge is 2.44. The van der Waals surface area contributed by atoms with E-state index in [2.05, 4.69) is 21.2 Å². The molecule has 0 saturated heterocycles. The highest BCUT2D eigenvalue weighted by molar-refractivity contribution is 9.10. The van der Waals surface area contributed by atoms with Gasteiger partial charge in [0.2, 0.25) is 5.91 Å². The third-order valence-electron chi connectivity index (χ3n) is 3.17. The number of nitrogens with two attached hydrogens (primary N) is 1. The summed E-state index contributed by atoms with van der Waals surface area (Å²) >= 11 is 2.87. The quantitative estimate of drug-likeness (QED) is 0.842. The zero-order chi connectivity index (χ0) is 13.5. The maximum absolute atomic E-state index is 13.5. The number of rotatable bonds is 3. The number of hydrogen-bond donors (Lipinski definition) is 2. The number of anilines is 1. The Balaban J connectivity index is 2.19. The van der Waals surface area contributed by atoms with Gasteiger partial charge in [-0.05, 0) is 47.7 Å². The van der Waals surface area contributed by atoms with E-state index < -0.39 is 23.1 Å². The lowest BCUT2D eigenvalue weighted by molar-refractivity contribution is -0.121. The van der Waals surface area contributed by atoms with Crippen LogP contribution in [0.25, 0.3) is 0 Å². The zero-order valence-corrected chi connectivity index (χ0v) is 11.4. The standard InChI is InChI=1S/C12H13BrF2N2O/c1-12(16,6-2-3-6)11(18)17-10-5-8(14)7(13)4-9(10)15/h4-6H,2-3,16H2,1H3,(H,17,18). The van der Waals surface area contributed by atoms with Gasteiger partial charge >= 0.3 is 0 Å². The van der Waals surface area contributed by atoms with Gasteiger partial charge in [-0.1, -0.05) is 0 Å². The van der Waals surface area contributed by atoms with Crippen LogP contribution in [0.4, 0.5) is 14.5 Å². The van der Waals surface area contributed by atoms with Crippen molar-refractivity contribution in [3.63, 3.8) is 0 Å². The second-order valence-corrected chi connectivity index (χ2v) is 5.61. The van der Waals surface area contributed by atoms with Crippen molar-refractivity contribution >= 4 is 27.5 Å². The average Bonchev–Trinajstić information content (AvgIpc) is 3.09. The topological polar surface area (TPSA) is 55.1 Å². The van der Waals surface area contributed by atoms with Gasteiger partial charge in [0.15, 0.2) is 0 Å². The van der Waals surface area contributed by atoms with Gasteiger partial charge in [-0.3, -0.25) is 4.79 Å². The fraction of sp³-hybridized carbons (Fsp3) is 0.417. The summed E-state index contributed by atoms with van der Waals surface area (Å²) in [5.41, 5.74) is 4.65. The molecule has 6 heteroatoms. The van der Waals surface area contributed by atoms with E-state index in [9.17, 15) is 13.6 Å². The van der Waals surface area contributed by atoms with Crippen molar-refractivity contribution in [3.05, 3.63) is 28.2 Å². The van der Waals surface area contributed by atoms with E-state index >= 15 is 0 Å². The Morgan fingerprint density at radius 2 is 2.06 bits per heavy atom. The van der Waals surface area contributed by atoms with Gasteiger partial charge in [0.05, 0.1) is 15.7 Å². The lowest BCUT2D eigenvalue weighted by Crippen LogP contribution is -2.50. The van der Waals surface area contributed by atoms with Gasteiger partial charge in [-0.15, -0.1) is 0 Å². The van der Waals surface area contributed by atoms with E-state index in [0.29, 0.717) is 0 Å². The van der Waals surface area contributed by atoms with Crippen LogP contribution in [-0.2, 0) is 4.79 Å². The van der Waals surface area contributed by atoms with E-state index in [1.807, 2.05) is 0 Å². The molecule has 1 saturated carbocycles. The minimum absolute atomic E-state index is 0.00991. The molecule has 1 unspecified atom stereocenters. The number of amides is 1. The summed E-state index contributed by atoms with van der Waals surface area (Å²) in [5, 5.41) is 2.34. The summed E-state index contributed by atoms with van der Waals surface area (Å²) < 4.78 is 26.8. The Morgan fingerprint density at radius 1 is 1.44 bits per heavy atom. The summed E-state index contributed by atoms with van der Waals surface area (Å²) in [7, 11) is 0. The molecule has 0 aromatic heterocycles. The largest absolute Gasteiger partial charge is 0.322 e. The number of carbonyl (C=O) groups is 1. The molecule has 18 heavy (non-hydrogen) atoms. The van der Waals surface area contributed by atoms with E-state index in [-0.39, 0.29) is 16.1 Å². The smallest absolute Gasteiger partial charge is 0.244 e. The lowest BCUT2D eigenvalue weighted by Gasteiger charge is -2.23. The average molecular weight is 319 g/mol. The number of hydrogen-bond acceptors (Lipinski definition) is 2. The van der Waals surface area contributed by atoms with Crippen molar-refractivity contribution in [2.75, 3.05) is 5.32 Å². The van der Waals surface area contributed by atoms with Crippen molar-refractivity contribution in [3.8, 4) is 0 Å². The van der Waals surface area contributed by atoms with Gasteiger partial charge in [-0.25, -0.2) is 8.78 Å². The van der Waals surface area contributed by atoms with E-state index in [0.717, 1.165) is 25.0 Å². The Hall–Kier alpha value is -1.01. The maximum atomic E-state index is 13.5. The summed E-state index contributed by atoms with van der Waals surface area (Å²) in [6.45, 7) is 1.60. The molecule has 1 aromatic rings. The first-order valence-electron chi connectivity index (χ1n) is 5.57. The Morgan fingerprint density at radius 3 is 2.61 bits per heavy atom. The van der Waals surface area contributed by atoms with Crippen molar-refractivity contribution in [2.24, 2.45) is 11.7 Å². The Bertz CT molecular complexity index is 501. The number of benzene rings is 1. The second-order valence-electron chi connectivity index (χ2n) is 4.76. The van der Waals surface area contributed by atoms with E-state index in [1.165, 1.54) is 0 Å². The van der Waals surface area contributed by atoms with Gasteiger partial charge in [0.1, 0.15) is 11.6 Å². The molecule has 1 aromatic carbocycles. The highest BCUT2D eigenvalue weighted by Crippen LogP contribution is 2.38. The predicted octanol–water partition coefficient (Wildman–Crippen LogP) is 2.79. The summed E-state index contributed by atoms with van der Waals surface area (Å²) in [6.07, 6.45) is 1.77. The molecule has 0 spiro atoms. The number of halogens is 3. The Kier molecular flexibility index (Phi) is 3.42. The van der Waals surface area contributed by atoms with Crippen molar-refractivity contribution in [1.82, 2.24) is 0 Å². The molecule has 1 fully saturated rings. The molecule has 0 radical (unpaired) electrons. The summed E-state index contributed by atoms with van der Waals surface area (Å²) in [6, 6.07) is 1.90. The zero-order valence-electron chi connectivity index (χ0n) is 9.77. The van der Waals surface area contributed by atoms with Crippen LogP contribution in [0.2, 0.25) is 0 Å². The third-order valence-corrected chi connectivity index (χ3v) is 3.78. The normalized spacial score (nSPS) is 18.3. The fourth-order valence-electron chi connectivity index (χ4n) is 1.74. The van der Waals surface area contributed by atoms with Crippen LogP contribution in [-0.4, -0.2) is 11.4 Å². The first kappa shape index (κ1) is 13.4. The van der Waals surface area contributed by atoms with Crippen molar-refractivity contribution < 1.29 is 13.6 Å². The van der Waals surface area contributed by atoms with Crippen LogP contribution < -0.4 is 11.1 Å². The first-order valence-corrected chi connectivity index (χ1v) is 6.36. The van der Waals surface area contributed by atoms with Crippen LogP contribution in [0.1, 0.15) is 19.8 Å². The minimum Gasteiger partial charge on any atom is -0.322 e. The molecule has 0 heterocycles. The van der Waals surface area contributed by atoms with Crippen LogP contribution in [0.15, 0.2) is 16.6 Å². The molecule has 1 atom stereocenters. The van der Waals surface area contributed by atoms with E-state index in [4.69, 9.17) is 5.73 Å². The molecular formula is C12H13BrF2N2O. The molecule has 3 nitrogen and oxygen atoms in total. The first-order chi connectivity index (χ1) is 8.32. The molecule has 1 aliphatic carbocycles. The Labute approximate surface area is 112 Å². The molecule has 1 amide bonds. The van der Waals surface area contributed by atoms with Gasteiger partial charge in [0.25, 0.3) is 0 Å². The second kappa shape index (κ2) is 4.59. The molecule has 3 N–H and O–H groups in total. The van der Waals surface area contributed by atoms with Crippen LogP contribution in [0.5, 0.6) is 0 Å². The minimum atomic E-state index is -1.05. The summed E-state index contributed by atoms with van der Waals surface area (Å²) in [5.74, 6) is -1.73. The highest BCUT2D eigenvalue weighted by atomic mass is 79.9. The van der Waals surface area contributed by atoms with Gasteiger partial charge in [-0.2, -0.15) is 0 Å². The predicted molar refractivity (Wildman–Crippen MR) is 68.0 cm³/mol. The van der Waals surface area contributed by atoms with Crippen molar-refractivity contribution in [2.45, 2.75) is 25.3 Å². The van der Waals surface area contributed by atoms with Gasteiger partial charge < -0.3 is 11.1 Å². The fourth-order valence-corrected chi connectivity index (χ4v) is 2.06. The molecule has 1 aliphatic rings. The summed E-state index contributed by atoms with van der Waals surface area (Å²) in [4.78, 5) is 11.9. The molecule has 98 valence electrons. The molecule has 0 bridgehead atoms. The van der Waals surface area contributed by atoms with E-state index in [1.54, 1.807) is 6.92 Å². The van der Waals surface area contributed by atoms with Crippen LogP contribution in [0.3, 0.4) is 0 Å². The number of nitrogens with one attached hydrogen (secondary N) is 1. The monoisotopic (exact) mass is 318 g/mol. The SMILES string of the molecule is CC(N)(C(=O)Nc1cc(F)c(Br)cc1F)C1CC1. The lowest BCUT2D eigenvalue weighted by atomic mass is 9.96. The molecule has 0 aliphatic heterocycles. The molecule has 2 rings (SSSR count). The van der Waals surface area contributed by atoms with Crippen LogP contribution >= 0.6 is 15.9 Å². The maximum Gasteiger partial charge on any atom is 0.244 e. The molecular weight excluding hydrogens is 306 g/mol. The number of carbonyl (C=O) groups excluding carboxylic acids is 1.